The summed E-state index contributed by atoms with van der Waals surface area (Å²) in [6.45, 7) is 6.18. The molecule has 0 saturated carbocycles. The van der Waals surface area contributed by atoms with Gasteiger partial charge in [0, 0.05) is 31.9 Å². The third kappa shape index (κ3) is 6.46. The second-order valence-corrected chi connectivity index (χ2v) is 7.66. The van der Waals surface area contributed by atoms with Crippen molar-refractivity contribution in [2.24, 2.45) is 0 Å². The van der Waals surface area contributed by atoms with Gasteiger partial charge < -0.3 is 19.9 Å². The summed E-state index contributed by atoms with van der Waals surface area (Å²) in [7, 11) is 1.57. The average molecular weight is 425 g/mol. The van der Waals surface area contributed by atoms with Gasteiger partial charge in [0.15, 0.2) is 0 Å². The molecule has 0 bridgehead atoms. The fourth-order valence-corrected chi connectivity index (χ4v) is 3.82. The molecule has 0 aromatic heterocycles. The van der Waals surface area contributed by atoms with E-state index in [0.29, 0.717) is 31.1 Å². The fourth-order valence-electron chi connectivity index (χ4n) is 3.82. The molecular formula is C24H32N4O3. The highest BCUT2D eigenvalue weighted by Gasteiger charge is 2.23. The van der Waals surface area contributed by atoms with E-state index in [2.05, 4.69) is 22.3 Å². The molecule has 0 unspecified atom stereocenters. The molecule has 3 rings (SSSR count). The maximum Gasteiger partial charge on any atom is 0.238 e. The average Bonchev–Trinajstić information content (AvgIpc) is 2.80. The van der Waals surface area contributed by atoms with Crippen LogP contribution in [0.3, 0.4) is 0 Å². The van der Waals surface area contributed by atoms with Gasteiger partial charge in [0.2, 0.25) is 11.8 Å². The molecule has 7 nitrogen and oxygen atoms in total. The van der Waals surface area contributed by atoms with Crippen molar-refractivity contribution in [1.82, 2.24) is 9.80 Å². The number of methoxy groups -OCH3 is 1. The van der Waals surface area contributed by atoms with Crippen LogP contribution >= 0.6 is 0 Å². The standard InChI is InChI=1S/C24H32N4O3/c1-3-13-26(18-23(29)25-21-11-7-8-12-22(21)31-2)19-24(30)28-16-14-27(15-17-28)20-9-5-4-6-10-20/h4-12H,3,13-19H2,1-2H3,(H,25,29). The van der Waals surface area contributed by atoms with E-state index in [0.717, 1.165) is 19.5 Å². The van der Waals surface area contributed by atoms with E-state index in [1.54, 1.807) is 19.2 Å². The summed E-state index contributed by atoms with van der Waals surface area (Å²) in [6.07, 6.45) is 0.872. The topological polar surface area (TPSA) is 65.1 Å². The van der Waals surface area contributed by atoms with E-state index in [4.69, 9.17) is 4.74 Å². The Bertz CT molecular complexity index is 851. The summed E-state index contributed by atoms with van der Waals surface area (Å²) >= 11 is 0. The lowest BCUT2D eigenvalue weighted by atomic mass is 10.2. The Morgan fingerprint density at radius 3 is 2.32 bits per heavy atom. The van der Waals surface area contributed by atoms with E-state index in [9.17, 15) is 9.59 Å². The molecule has 1 aliphatic heterocycles. The predicted octanol–water partition coefficient (Wildman–Crippen LogP) is 2.69. The van der Waals surface area contributed by atoms with Crippen LogP contribution in [-0.4, -0.2) is 74.5 Å². The summed E-state index contributed by atoms with van der Waals surface area (Å²) in [5.41, 5.74) is 1.82. The number of amides is 2. The van der Waals surface area contributed by atoms with Gasteiger partial charge in [-0.05, 0) is 37.2 Å². The Balaban J connectivity index is 1.51. The van der Waals surface area contributed by atoms with Crippen LogP contribution in [-0.2, 0) is 9.59 Å². The first-order valence-electron chi connectivity index (χ1n) is 10.8. The first-order chi connectivity index (χ1) is 15.1. The molecule has 166 valence electrons. The van der Waals surface area contributed by atoms with Crippen LogP contribution in [0.25, 0.3) is 0 Å². The molecule has 1 N–H and O–H groups in total. The van der Waals surface area contributed by atoms with E-state index in [1.165, 1.54) is 5.69 Å². The van der Waals surface area contributed by atoms with Crippen molar-refractivity contribution in [2.45, 2.75) is 13.3 Å². The maximum absolute atomic E-state index is 12.9. The number of carbonyl (C=O) groups excluding carboxylic acids is 2. The normalized spacial score (nSPS) is 13.9. The lowest BCUT2D eigenvalue weighted by molar-refractivity contribution is -0.133. The lowest BCUT2D eigenvalue weighted by Gasteiger charge is -2.37. The van der Waals surface area contributed by atoms with Crippen LogP contribution in [0, 0.1) is 0 Å². The second kappa shape index (κ2) is 11.4. The van der Waals surface area contributed by atoms with Crippen LogP contribution in [0.4, 0.5) is 11.4 Å². The number of hydrogen-bond donors (Lipinski definition) is 1. The highest BCUT2D eigenvalue weighted by Crippen LogP contribution is 2.23. The van der Waals surface area contributed by atoms with Gasteiger partial charge in [-0.25, -0.2) is 0 Å². The Kier molecular flexibility index (Phi) is 8.29. The largest absolute Gasteiger partial charge is 0.495 e. The van der Waals surface area contributed by atoms with Gasteiger partial charge >= 0.3 is 0 Å². The number of rotatable bonds is 9. The van der Waals surface area contributed by atoms with Gasteiger partial charge in [-0.1, -0.05) is 37.3 Å². The number of piperazine rings is 1. The number of nitrogens with zero attached hydrogens (tertiary/aromatic N) is 3. The molecule has 0 aliphatic carbocycles. The van der Waals surface area contributed by atoms with Crippen molar-refractivity contribution in [3.8, 4) is 5.75 Å². The highest BCUT2D eigenvalue weighted by molar-refractivity contribution is 5.94. The Morgan fingerprint density at radius 1 is 0.968 bits per heavy atom. The third-order valence-electron chi connectivity index (χ3n) is 5.40. The molecule has 2 aromatic carbocycles. The predicted molar refractivity (Wildman–Crippen MR) is 124 cm³/mol. The summed E-state index contributed by atoms with van der Waals surface area (Å²) < 4.78 is 5.29. The van der Waals surface area contributed by atoms with Crippen molar-refractivity contribution in [3.63, 3.8) is 0 Å². The summed E-state index contributed by atoms with van der Waals surface area (Å²) in [6, 6.07) is 17.6. The zero-order valence-corrected chi connectivity index (χ0v) is 18.4. The SMILES string of the molecule is CCCN(CC(=O)Nc1ccccc1OC)CC(=O)N1CCN(c2ccccc2)CC1. The number of para-hydroxylation sites is 3. The van der Waals surface area contributed by atoms with Crippen LogP contribution in [0.1, 0.15) is 13.3 Å². The molecule has 0 radical (unpaired) electrons. The van der Waals surface area contributed by atoms with Gasteiger partial charge in [0.1, 0.15) is 5.75 Å². The van der Waals surface area contributed by atoms with Gasteiger partial charge in [-0.2, -0.15) is 0 Å². The number of carbonyl (C=O) groups is 2. The lowest BCUT2D eigenvalue weighted by Crippen LogP contribution is -2.52. The number of nitrogens with one attached hydrogen (secondary N) is 1. The van der Waals surface area contributed by atoms with E-state index >= 15 is 0 Å². The molecule has 0 atom stereocenters. The van der Waals surface area contributed by atoms with Crippen LogP contribution in [0.5, 0.6) is 5.75 Å². The molecule has 1 heterocycles. The Hall–Kier alpha value is -3.06. The van der Waals surface area contributed by atoms with Crippen molar-refractivity contribution in [1.29, 1.82) is 0 Å². The molecule has 1 aliphatic rings. The number of ether oxygens (including phenoxy) is 1. The Morgan fingerprint density at radius 2 is 1.65 bits per heavy atom. The van der Waals surface area contributed by atoms with Crippen LogP contribution in [0.2, 0.25) is 0 Å². The van der Waals surface area contributed by atoms with Gasteiger partial charge in [0.05, 0.1) is 25.9 Å². The van der Waals surface area contributed by atoms with E-state index < -0.39 is 0 Å². The second-order valence-electron chi connectivity index (χ2n) is 7.66. The quantitative estimate of drug-likeness (QED) is 0.671. The van der Waals surface area contributed by atoms with Crippen molar-refractivity contribution >= 4 is 23.2 Å². The maximum atomic E-state index is 12.9. The van der Waals surface area contributed by atoms with Crippen LogP contribution in [0.15, 0.2) is 54.6 Å². The minimum atomic E-state index is -0.153. The van der Waals surface area contributed by atoms with Gasteiger partial charge in [-0.15, -0.1) is 0 Å². The molecule has 7 heteroatoms. The van der Waals surface area contributed by atoms with Gasteiger partial charge in [-0.3, -0.25) is 14.5 Å². The van der Waals surface area contributed by atoms with Crippen LogP contribution < -0.4 is 15.0 Å². The van der Waals surface area contributed by atoms with Crippen molar-refractivity contribution < 1.29 is 14.3 Å². The molecule has 1 fully saturated rings. The van der Waals surface area contributed by atoms with Gasteiger partial charge in [0.25, 0.3) is 0 Å². The first kappa shape index (κ1) is 22.6. The first-order valence-corrected chi connectivity index (χ1v) is 10.8. The number of benzene rings is 2. The smallest absolute Gasteiger partial charge is 0.238 e. The summed E-state index contributed by atoms with van der Waals surface area (Å²) in [5, 5.41) is 2.89. The zero-order valence-electron chi connectivity index (χ0n) is 18.4. The molecule has 2 amide bonds. The molecule has 0 spiro atoms. The number of anilines is 2. The monoisotopic (exact) mass is 424 g/mol. The van der Waals surface area contributed by atoms with E-state index in [-0.39, 0.29) is 24.9 Å². The third-order valence-corrected chi connectivity index (χ3v) is 5.40. The fraction of sp³-hybridized carbons (Fsp3) is 0.417. The highest BCUT2D eigenvalue weighted by atomic mass is 16.5. The van der Waals surface area contributed by atoms with Crippen molar-refractivity contribution in [3.05, 3.63) is 54.6 Å². The zero-order chi connectivity index (χ0) is 22.1. The van der Waals surface area contributed by atoms with E-state index in [1.807, 2.05) is 47.1 Å². The summed E-state index contributed by atoms with van der Waals surface area (Å²) in [4.78, 5) is 31.6. The number of hydrogen-bond acceptors (Lipinski definition) is 5. The molecule has 31 heavy (non-hydrogen) atoms. The molecular weight excluding hydrogens is 392 g/mol. The minimum Gasteiger partial charge on any atom is -0.495 e. The molecule has 2 aromatic rings. The molecule has 1 saturated heterocycles. The van der Waals surface area contributed by atoms with Crippen molar-refractivity contribution in [2.75, 3.05) is 63.1 Å². The minimum absolute atomic E-state index is 0.0752. The Labute approximate surface area is 184 Å². The summed E-state index contributed by atoms with van der Waals surface area (Å²) in [5.74, 6) is 0.538.